The molecule has 2 aromatic heterocycles. The van der Waals surface area contributed by atoms with Crippen molar-refractivity contribution in [2.24, 2.45) is 0 Å². The van der Waals surface area contributed by atoms with Crippen molar-refractivity contribution in [3.8, 4) is 0 Å². The van der Waals surface area contributed by atoms with Crippen LogP contribution in [-0.2, 0) is 6.54 Å². The Morgan fingerprint density at radius 2 is 1.76 bits per heavy atom. The molecule has 25 heavy (non-hydrogen) atoms. The van der Waals surface area contributed by atoms with E-state index in [2.05, 4.69) is 15.3 Å². The maximum Gasteiger partial charge on any atom is 0.258 e. The summed E-state index contributed by atoms with van der Waals surface area (Å²) in [5.74, 6) is 0.797. The zero-order valence-corrected chi connectivity index (χ0v) is 14.3. The predicted octanol–water partition coefficient (Wildman–Crippen LogP) is 3.67. The summed E-state index contributed by atoms with van der Waals surface area (Å²) in [6.07, 6.45) is 3.24. The van der Waals surface area contributed by atoms with E-state index in [1.54, 1.807) is 36.5 Å². The molecule has 3 aromatic rings. The highest BCUT2D eigenvalue weighted by molar-refractivity contribution is 6.05. The number of rotatable bonds is 5. The molecular weight excluding hydrogens is 312 g/mol. The summed E-state index contributed by atoms with van der Waals surface area (Å²) < 4.78 is 0. The molecule has 0 aliphatic carbocycles. The smallest absolute Gasteiger partial charge is 0.258 e. The summed E-state index contributed by atoms with van der Waals surface area (Å²) in [7, 11) is 1.77. The third-order valence-electron chi connectivity index (χ3n) is 3.92. The standard InChI is InChI=1S/C20H20N4O/c1-15-4-3-5-19(23-15)22-14-16-6-8-18(9-7-16)24(2)20(25)17-10-12-21-13-11-17/h3-13H,14H2,1-2H3,(H,22,23). The summed E-state index contributed by atoms with van der Waals surface area (Å²) in [5.41, 5.74) is 3.57. The van der Waals surface area contributed by atoms with Crippen molar-refractivity contribution in [2.75, 3.05) is 17.3 Å². The van der Waals surface area contributed by atoms with Crippen LogP contribution in [0.3, 0.4) is 0 Å². The molecule has 5 nitrogen and oxygen atoms in total. The molecule has 0 atom stereocenters. The number of aryl methyl sites for hydroxylation is 1. The van der Waals surface area contributed by atoms with E-state index in [0.29, 0.717) is 12.1 Å². The van der Waals surface area contributed by atoms with Gasteiger partial charge >= 0.3 is 0 Å². The van der Waals surface area contributed by atoms with Gasteiger partial charge in [-0.05, 0) is 48.9 Å². The molecule has 0 aliphatic rings. The number of nitrogens with zero attached hydrogens (tertiary/aromatic N) is 3. The molecule has 0 spiro atoms. The highest BCUT2D eigenvalue weighted by Gasteiger charge is 2.12. The fourth-order valence-electron chi connectivity index (χ4n) is 2.48. The lowest BCUT2D eigenvalue weighted by Gasteiger charge is -2.18. The molecule has 0 saturated heterocycles. The first-order valence-electron chi connectivity index (χ1n) is 8.08. The van der Waals surface area contributed by atoms with Crippen molar-refractivity contribution in [2.45, 2.75) is 13.5 Å². The van der Waals surface area contributed by atoms with Gasteiger partial charge in [-0.1, -0.05) is 18.2 Å². The average molecular weight is 332 g/mol. The first-order chi connectivity index (χ1) is 12.1. The fraction of sp³-hybridized carbons (Fsp3) is 0.150. The Kier molecular flexibility index (Phi) is 5.04. The van der Waals surface area contributed by atoms with Gasteiger partial charge in [0, 0.05) is 42.9 Å². The number of aromatic nitrogens is 2. The fourth-order valence-corrected chi connectivity index (χ4v) is 2.48. The van der Waals surface area contributed by atoms with Crippen LogP contribution in [0.15, 0.2) is 67.0 Å². The molecule has 0 saturated carbocycles. The Labute approximate surface area is 147 Å². The molecule has 1 amide bonds. The number of benzene rings is 1. The number of anilines is 2. The lowest BCUT2D eigenvalue weighted by atomic mass is 10.1. The third kappa shape index (κ3) is 4.20. The largest absolute Gasteiger partial charge is 0.366 e. The monoisotopic (exact) mass is 332 g/mol. The molecule has 3 rings (SSSR count). The molecule has 126 valence electrons. The number of hydrogen-bond donors (Lipinski definition) is 1. The molecule has 0 radical (unpaired) electrons. The van der Waals surface area contributed by atoms with Gasteiger partial charge in [-0.2, -0.15) is 0 Å². The van der Waals surface area contributed by atoms with Gasteiger partial charge < -0.3 is 10.2 Å². The third-order valence-corrected chi connectivity index (χ3v) is 3.92. The van der Waals surface area contributed by atoms with E-state index in [0.717, 1.165) is 22.8 Å². The van der Waals surface area contributed by atoms with Gasteiger partial charge in [-0.15, -0.1) is 0 Å². The number of nitrogens with one attached hydrogen (secondary N) is 1. The summed E-state index contributed by atoms with van der Waals surface area (Å²) in [6, 6.07) is 17.2. The lowest BCUT2D eigenvalue weighted by molar-refractivity contribution is 0.0993. The second-order valence-corrected chi connectivity index (χ2v) is 5.78. The first kappa shape index (κ1) is 16.6. The van der Waals surface area contributed by atoms with E-state index < -0.39 is 0 Å². The van der Waals surface area contributed by atoms with E-state index in [1.165, 1.54) is 0 Å². The second-order valence-electron chi connectivity index (χ2n) is 5.78. The van der Waals surface area contributed by atoms with Gasteiger partial charge in [0.2, 0.25) is 0 Å². The van der Waals surface area contributed by atoms with Crippen LogP contribution in [0.2, 0.25) is 0 Å². The Morgan fingerprint density at radius 1 is 1.04 bits per heavy atom. The van der Waals surface area contributed by atoms with E-state index >= 15 is 0 Å². The lowest BCUT2D eigenvalue weighted by Crippen LogP contribution is -2.26. The van der Waals surface area contributed by atoms with Crippen molar-refractivity contribution in [1.29, 1.82) is 0 Å². The summed E-state index contributed by atoms with van der Waals surface area (Å²) in [5, 5.41) is 3.30. The van der Waals surface area contributed by atoms with Gasteiger partial charge in [0.05, 0.1) is 0 Å². The molecule has 1 aromatic carbocycles. The van der Waals surface area contributed by atoms with Crippen LogP contribution in [0.1, 0.15) is 21.6 Å². The minimum Gasteiger partial charge on any atom is -0.366 e. The Morgan fingerprint density at radius 3 is 2.44 bits per heavy atom. The highest BCUT2D eigenvalue weighted by atomic mass is 16.2. The molecule has 0 bridgehead atoms. The minimum atomic E-state index is -0.0581. The number of pyridine rings is 2. The van der Waals surface area contributed by atoms with Crippen LogP contribution < -0.4 is 10.2 Å². The normalized spacial score (nSPS) is 10.3. The quantitative estimate of drug-likeness (QED) is 0.774. The van der Waals surface area contributed by atoms with Crippen molar-refractivity contribution in [1.82, 2.24) is 9.97 Å². The molecular formula is C20H20N4O. The zero-order chi connectivity index (χ0) is 17.6. The Hall–Kier alpha value is -3.21. The topological polar surface area (TPSA) is 58.1 Å². The SMILES string of the molecule is Cc1cccc(NCc2ccc(N(C)C(=O)c3ccncc3)cc2)n1. The van der Waals surface area contributed by atoms with Gasteiger partial charge in [-0.25, -0.2) is 4.98 Å². The van der Waals surface area contributed by atoms with Gasteiger partial charge in [0.25, 0.3) is 5.91 Å². The maximum atomic E-state index is 12.5. The van der Waals surface area contributed by atoms with Gasteiger partial charge in [0.1, 0.15) is 5.82 Å². The number of hydrogen-bond acceptors (Lipinski definition) is 4. The number of carbonyl (C=O) groups is 1. The minimum absolute atomic E-state index is 0.0581. The van der Waals surface area contributed by atoms with Crippen molar-refractivity contribution >= 4 is 17.4 Å². The van der Waals surface area contributed by atoms with Crippen molar-refractivity contribution in [3.05, 3.63) is 83.8 Å². The van der Waals surface area contributed by atoms with E-state index in [1.807, 2.05) is 49.4 Å². The summed E-state index contributed by atoms with van der Waals surface area (Å²) >= 11 is 0. The van der Waals surface area contributed by atoms with Gasteiger partial charge in [-0.3, -0.25) is 9.78 Å². The van der Waals surface area contributed by atoms with E-state index in [4.69, 9.17) is 0 Å². The molecule has 0 unspecified atom stereocenters. The summed E-state index contributed by atoms with van der Waals surface area (Å²) in [6.45, 7) is 2.65. The molecule has 1 N–H and O–H groups in total. The van der Waals surface area contributed by atoms with Crippen molar-refractivity contribution in [3.63, 3.8) is 0 Å². The van der Waals surface area contributed by atoms with Crippen LogP contribution in [0.25, 0.3) is 0 Å². The molecule has 0 aliphatic heterocycles. The average Bonchev–Trinajstić information content (AvgIpc) is 2.66. The Bertz CT molecular complexity index is 847. The second kappa shape index (κ2) is 7.57. The highest BCUT2D eigenvalue weighted by Crippen LogP contribution is 2.17. The van der Waals surface area contributed by atoms with E-state index in [9.17, 15) is 4.79 Å². The first-order valence-corrected chi connectivity index (χ1v) is 8.08. The maximum absolute atomic E-state index is 12.5. The van der Waals surface area contributed by atoms with Crippen molar-refractivity contribution < 1.29 is 4.79 Å². The number of carbonyl (C=O) groups excluding carboxylic acids is 1. The van der Waals surface area contributed by atoms with Crippen LogP contribution >= 0.6 is 0 Å². The molecule has 5 heteroatoms. The molecule has 2 heterocycles. The van der Waals surface area contributed by atoms with Gasteiger partial charge in [0.15, 0.2) is 0 Å². The summed E-state index contributed by atoms with van der Waals surface area (Å²) in [4.78, 5) is 22.4. The van der Waals surface area contributed by atoms with Crippen LogP contribution in [0, 0.1) is 6.92 Å². The van der Waals surface area contributed by atoms with Crippen LogP contribution in [0.5, 0.6) is 0 Å². The number of amides is 1. The van der Waals surface area contributed by atoms with Crippen LogP contribution in [0.4, 0.5) is 11.5 Å². The predicted molar refractivity (Wildman–Crippen MR) is 99.7 cm³/mol. The molecule has 0 fully saturated rings. The van der Waals surface area contributed by atoms with E-state index in [-0.39, 0.29) is 5.91 Å². The Balaban J connectivity index is 1.64. The zero-order valence-electron chi connectivity index (χ0n) is 14.3. The van der Waals surface area contributed by atoms with Crippen LogP contribution in [-0.4, -0.2) is 22.9 Å².